The van der Waals surface area contributed by atoms with Crippen LogP contribution in [0.15, 0.2) is 18.2 Å². The van der Waals surface area contributed by atoms with Gasteiger partial charge in [-0.15, -0.1) is 0 Å². The van der Waals surface area contributed by atoms with Crippen LogP contribution in [0.4, 0.5) is 10.5 Å². The highest BCUT2D eigenvalue weighted by Crippen LogP contribution is 2.26. The number of benzene rings is 1. The summed E-state index contributed by atoms with van der Waals surface area (Å²) in [5.41, 5.74) is -0.468. The monoisotopic (exact) mass is 375 g/mol. The average Bonchev–Trinajstić information content (AvgIpc) is 2.52. The first-order valence-corrected chi connectivity index (χ1v) is 8.53. The van der Waals surface area contributed by atoms with E-state index in [9.17, 15) is 18.0 Å². The maximum absolute atomic E-state index is 11.7. The lowest BCUT2D eigenvalue weighted by atomic mass is 10.2. The molecule has 0 aliphatic carbocycles. The second-order valence-corrected chi connectivity index (χ2v) is 7.24. The molecule has 0 unspecified atom stereocenters. The molecule has 0 atom stereocenters. The van der Waals surface area contributed by atoms with Crippen molar-refractivity contribution >= 4 is 27.1 Å². The van der Waals surface area contributed by atoms with Gasteiger partial charge in [-0.3, -0.25) is 0 Å². The van der Waals surface area contributed by atoms with Crippen LogP contribution in [0.3, 0.4) is 0 Å². The summed E-state index contributed by atoms with van der Waals surface area (Å²) in [4.78, 5) is 23.1. The summed E-state index contributed by atoms with van der Waals surface area (Å²) in [6.45, 7) is 4.02. The summed E-state index contributed by atoms with van der Waals surface area (Å²) >= 11 is 0. The van der Waals surface area contributed by atoms with Gasteiger partial charge in [-0.2, -0.15) is 8.42 Å². The fraction of sp³-hybridized carbons (Fsp3) is 0.467. The molecule has 9 nitrogen and oxygen atoms in total. The van der Waals surface area contributed by atoms with Crippen molar-refractivity contribution in [3.05, 3.63) is 23.8 Å². The molecule has 10 heteroatoms. The van der Waals surface area contributed by atoms with Crippen molar-refractivity contribution in [2.75, 3.05) is 26.3 Å². The number of hydrogen-bond donors (Lipinski definition) is 1. The Kier molecular flexibility index (Phi) is 6.77. The highest BCUT2D eigenvalue weighted by Gasteiger charge is 2.30. The largest absolute Gasteiger partial charge is 0.495 e. The Labute approximate surface area is 146 Å². The smallest absolute Gasteiger partial charge is 0.452 e. The highest BCUT2D eigenvalue weighted by molar-refractivity contribution is 8.01. The Morgan fingerprint density at radius 2 is 1.80 bits per heavy atom. The van der Waals surface area contributed by atoms with Gasteiger partial charge in [-0.05, 0) is 39.0 Å². The van der Waals surface area contributed by atoms with Crippen molar-refractivity contribution in [2.45, 2.75) is 26.4 Å². The number of hydrogen-bond acceptors (Lipinski definition) is 9. The van der Waals surface area contributed by atoms with Gasteiger partial charge in [0.05, 0.1) is 25.5 Å². The predicted molar refractivity (Wildman–Crippen MR) is 89.1 cm³/mol. The third-order valence-electron chi connectivity index (χ3n) is 2.69. The van der Waals surface area contributed by atoms with Gasteiger partial charge < -0.3 is 19.5 Å². The molecule has 25 heavy (non-hydrogen) atoms. The number of carbonyl (C=O) groups is 2. The van der Waals surface area contributed by atoms with Crippen molar-refractivity contribution < 1.29 is 36.4 Å². The van der Waals surface area contributed by atoms with Gasteiger partial charge in [-0.25, -0.2) is 13.8 Å². The molecule has 0 aliphatic heterocycles. The van der Waals surface area contributed by atoms with Gasteiger partial charge in [-0.1, -0.05) is 0 Å². The van der Waals surface area contributed by atoms with Gasteiger partial charge in [0.25, 0.3) is 0 Å². The maximum atomic E-state index is 11.7. The molecule has 0 heterocycles. The first kappa shape index (κ1) is 20.7. The molecule has 0 saturated heterocycles. The number of carbonyl (C=O) groups excluding carboxylic acids is 2. The van der Waals surface area contributed by atoms with Gasteiger partial charge in [0.15, 0.2) is 0 Å². The Morgan fingerprint density at radius 3 is 2.32 bits per heavy atom. The average molecular weight is 375 g/mol. The van der Waals surface area contributed by atoms with E-state index in [1.807, 2.05) is 0 Å². The maximum Gasteiger partial charge on any atom is 0.452 e. The molecule has 1 N–H and O–H groups in total. The van der Waals surface area contributed by atoms with Gasteiger partial charge in [0.1, 0.15) is 18.1 Å². The molecule has 0 aromatic heterocycles. The van der Waals surface area contributed by atoms with Crippen molar-refractivity contribution in [1.82, 2.24) is 0 Å². The zero-order valence-electron chi connectivity index (χ0n) is 14.6. The second kappa shape index (κ2) is 8.17. The molecule has 0 saturated carbocycles. The molecule has 0 bridgehead atoms. The third-order valence-corrected chi connectivity index (χ3v) is 3.61. The predicted octanol–water partition coefficient (Wildman–Crippen LogP) is 2.13. The first-order chi connectivity index (χ1) is 11.5. The minimum atomic E-state index is -4.57. The van der Waals surface area contributed by atoms with E-state index in [1.54, 1.807) is 0 Å². The minimum Gasteiger partial charge on any atom is -0.495 e. The van der Waals surface area contributed by atoms with Crippen molar-refractivity contribution in [3.63, 3.8) is 0 Å². The summed E-state index contributed by atoms with van der Waals surface area (Å²) in [6.07, 6.45) is 0. The summed E-state index contributed by atoms with van der Waals surface area (Å²) in [7, 11) is -1.94. The van der Waals surface area contributed by atoms with Crippen LogP contribution in [-0.2, 0) is 23.8 Å². The Bertz CT molecular complexity index is 736. The molecule has 0 radical (unpaired) electrons. The summed E-state index contributed by atoms with van der Waals surface area (Å²) in [6, 6.07) is 4.37. The summed E-state index contributed by atoms with van der Waals surface area (Å²) < 4.78 is 42.5. The first-order valence-electron chi connectivity index (χ1n) is 7.13. The lowest BCUT2D eigenvalue weighted by Crippen LogP contribution is -2.30. The van der Waals surface area contributed by atoms with Gasteiger partial charge >= 0.3 is 21.4 Å². The fourth-order valence-electron chi connectivity index (χ4n) is 1.62. The number of anilines is 1. The molecule has 1 aromatic rings. The number of methoxy groups -OCH3 is 2. The van der Waals surface area contributed by atoms with E-state index in [-0.39, 0.29) is 11.3 Å². The molecule has 0 aliphatic rings. The van der Waals surface area contributed by atoms with Crippen LogP contribution in [0.1, 0.15) is 31.1 Å². The zero-order valence-corrected chi connectivity index (χ0v) is 15.4. The molecule has 0 spiro atoms. The Hall–Kier alpha value is -2.33. The molecule has 0 fully saturated rings. The normalized spacial score (nSPS) is 11.6. The van der Waals surface area contributed by atoms with E-state index in [1.165, 1.54) is 53.2 Å². The van der Waals surface area contributed by atoms with E-state index in [2.05, 4.69) is 14.2 Å². The molecular weight excluding hydrogens is 354 g/mol. The van der Waals surface area contributed by atoms with Crippen molar-refractivity contribution in [1.29, 1.82) is 0 Å². The van der Waals surface area contributed by atoms with E-state index in [4.69, 9.17) is 9.47 Å². The van der Waals surface area contributed by atoms with Crippen molar-refractivity contribution in [3.8, 4) is 5.75 Å². The number of rotatable bonds is 6. The Balaban J connectivity index is 2.81. The van der Waals surface area contributed by atoms with Gasteiger partial charge in [0.2, 0.25) is 0 Å². The van der Waals surface area contributed by atoms with E-state index in [0.717, 1.165) is 0 Å². The molecule has 1 rings (SSSR count). The van der Waals surface area contributed by atoms with Crippen LogP contribution < -0.4 is 10.1 Å². The molecule has 0 amide bonds. The lowest BCUT2D eigenvalue weighted by Gasteiger charge is -2.19. The number of nitrogens with one attached hydrogen (secondary N) is 1. The van der Waals surface area contributed by atoms with Gasteiger partial charge in [0, 0.05) is 0 Å². The lowest BCUT2D eigenvalue weighted by molar-refractivity contribution is 0.0600. The van der Waals surface area contributed by atoms with Crippen LogP contribution in [0.25, 0.3) is 0 Å². The van der Waals surface area contributed by atoms with Crippen LogP contribution in [-0.4, -0.2) is 46.2 Å². The molecule has 1 aromatic carbocycles. The fourth-order valence-corrected chi connectivity index (χ4v) is 2.29. The SMILES string of the molecule is COC(=O)c1ccc(OC)c(NCOS(=O)(=O)C(=O)OC(C)(C)C)c1. The van der Waals surface area contributed by atoms with E-state index < -0.39 is 33.7 Å². The summed E-state index contributed by atoms with van der Waals surface area (Å²) in [5, 5.41) is 1.13. The molecule has 140 valence electrons. The molecular formula is C15H21NO8S. The summed E-state index contributed by atoms with van der Waals surface area (Å²) in [5.74, 6) is -0.237. The highest BCUT2D eigenvalue weighted by atomic mass is 32.2. The van der Waals surface area contributed by atoms with Crippen LogP contribution in [0, 0.1) is 0 Å². The van der Waals surface area contributed by atoms with E-state index >= 15 is 0 Å². The van der Waals surface area contributed by atoms with E-state index in [0.29, 0.717) is 5.75 Å². The Morgan fingerprint density at radius 1 is 1.16 bits per heavy atom. The zero-order chi connectivity index (χ0) is 19.3. The van der Waals surface area contributed by atoms with Crippen molar-refractivity contribution in [2.24, 2.45) is 0 Å². The topological polar surface area (TPSA) is 117 Å². The third kappa shape index (κ3) is 6.24. The van der Waals surface area contributed by atoms with Crippen LogP contribution in [0.2, 0.25) is 0 Å². The van der Waals surface area contributed by atoms with Crippen LogP contribution >= 0.6 is 0 Å². The number of ether oxygens (including phenoxy) is 3. The minimum absolute atomic E-state index is 0.223. The standard InChI is InChI=1S/C15H21NO8S/c1-15(2,3)24-14(18)25(19,20)23-9-16-11-8-10(13(17)22-5)6-7-12(11)21-4/h6-8,16H,9H2,1-5H3. The second-order valence-electron chi connectivity index (χ2n) is 5.76. The quantitative estimate of drug-likeness (QED) is 0.453. The van der Waals surface area contributed by atoms with Crippen LogP contribution in [0.5, 0.6) is 5.75 Å². The number of esters is 1.